The molecule has 2 nitrogen and oxygen atoms in total. The molecule has 10 heavy (non-hydrogen) atoms. The van der Waals surface area contributed by atoms with Crippen molar-refractivity contribution < 1.29 is 4.79 Å². The molecule has 0 bridgehead atoms. The summed E-state index contributed by atoms with van der Waals surface area (Å²) in [7, 11) is 0. The minimum atomic E-state index is -0.447. The average Bonchev–Trinajstić information content (AvgIpc) is 1.90. The van der Waals surface area contributed by atoms with E-state index in [9.17, 15) is 4.79 Å². The van der Waals surface area contributed by atoms with E-state index < -0.39 is 5.24 Å². The van der Waals surface area contributed by atoms with Crippen LogP contribution in [0.25, 0.3) is 0 Å². The lowest BCUT2D eigenvalue weighted by molar-refractivity contribution is 0.108. The second-order valence-corrected chi connectivity index (χ2v) is 1.85. The number of halogens is 2. The number of hydrogen-bond donors (Lipinski definition) is 0. The van der Waals surface area contributed by atoms with Gasteiger partial charge in [-0.15, -0.1) is 17.0 Å². The zero-order chi connectivity index (χ0) is 6.69. The fraction of sp³-hybridized carbons (Fsp3) is 0. The van der Waals surface area contributed by atoms with Crippen LogP contribution in [0.1, 0.15) is 10.4 Å². The number of rotatable bonds is 1. The van der Waals surface area contributed by atoms with Crippen LogP contribution in [0, 0.1) is 0 Å². The van der Waals surface area contributed by atoms with E-state index >= 15 is 0 Å². The van der Waals surface area contributed by atoms with Crippen molar-refractivity contribution in [1.29, 1.82) is 0 Å². The highest BCUT2D eigenvalue weighted by atomic mass is 79.9. The molecule has 0 fully saturated rings. The molecule has 0 atom stereocenters. The van der Waals surface area contributed by atoms with Gasteiger partial charge in [0.15, 0.2) is 0 Å². The molecule has 1 aromatic heterocycles. The Labute approximate surface area is 74.0 Å². The van der Waals surface area contributed by atoms with E-state index in [1.165, 1.54) is 12.4 Å². The fourth-order valence-corrected chi connectivity index (χ4v) is 0.609. The van der Waals surface area contributed by atoms with E-state index in [4.69, 9.17) is 11.6 Å². The topological polar surface area (TPSA) is 30.0 Å². The first-order valence-corrected chi connectivity index (χ1v) is 2.78. The second kappa shape index (κ2) is 4.41. The second-order valence-electron chi connectivity index (χ2n) is 1.51. The lowest BCUT2D eigenvalue weighted by atomic mass is 10.3. The Balaban J connectivity index is 0.000000810. The average molecular weight is 222 g/mol. The highest BCUT2D eigenvalue weighted by Crippen LogP contribution is 1.99. The molecule has 0 radical (unpaired) electrons. The Morgan fingerprint density at radius 1 is 1.40 bits per heavy atom. The molecule has 0 aromatic carbocycles. The summed E-state index contributed by atoms with van der Waals surface area (Å²) < 4.78 is 0. The molecule has 0 aliphatic rings. The van der Waals surface area contributed by atoms with Gasteiger partial charge in [0, 0.05) is 18.0 Å². The molecular formula is C6H5BrClNO. The Morgan fingerprint density at radius 2 is 1.90 bits per heavy atom. The van der Waals surface area contributed by atoms with Gasteiger partial charge in [0.05, 0.1) is 0 Å². The molecule has 4 heteroatoms. The molecule has 0 saturated carbocycles. The van der Waals surface area contributed by atoms with E-state index in [1.807, 2.05) is 0 Å². The Bertz CT molecular complexity index is 214. The van der Waals surface area contributed by atoms with E-state index in [2.05, 4.69) is 4.98 Å². The van der Waals surface area contributed by atoms with Gasteiger partial charge in [-0.25, -0.2) is 0 Å². The third-order valence-electron chi connectivity index (χ3n) is 0.907. The third-order valence-corrected chi connectivity index (χ3v) is 1.13. The first kappa shape index (κ1) is 9.59. The summed E-state index contributed by atoms with van der Waals surface area (Å²) in [4.78, 5) is 14.1. The van der Waals surface area contributed by atoms with Crippen LogP contribution >= 0.6 is 28.6 Å². The molecule has 0 unspecified atom stereocenters. The minimum Gasteiger partial charge on any atom is -0.276 e. The normalized spacial score (nSPS) is 8.10. The lowest BCUT2D eigenvalue weighted by Gasteiger charge is -1.86. The molecule has 0 N–H and O–H groups in total. The maximum Gasteiger partial charge on any atom is 0.252 e. The SMILES string of the molecule is Br.O=C(Cl)c1ccncc1. The standard InChI is InChI=1S/C6H4ClNO.BrH/c7-6(9)5-1-3-8-4-2-5;/h1-4H;1H. The predicted octanol–water partition coefficient (Wildman–Crippen LogP) is 2.04. The van der Waals surface area contributed by atoms with Crippen molar-refractivity contribution in [2.24, 2.45) is 0 Å². The summed E-state index contributed by atoms with van der Waals surface area (Å²) in [6, 6.07) is 3.13. The van der Waals surface area contributed by atoms with Gasteiger partial charge >= 0.3 is 0 Å². The van der Waals surface area contributed by atoms with Gasteiger partial charge in [-0.2, -0.15) is 0 Å². The van der Waals surface area contributed by atoms with Crippen LogP contribution in [0.15, 0.2) is 24.5 Å². The molecule has 1 heterocycles. The number of carbonyl (C=O) groups excluding carboxylic acids is 1. The smallest absolute Gasteiger partial charge is 0.252 e. The van der Waals surface area contributed by atoms with E-state index in [1.54, 1.807) is 12.1 Å². The van der Waals surface area contributed by atoms with Crippen LogP contribution in [0.4, 0.5) is 0 Å². The zero-order valence-electron chi connectivity index (χ0n) is 4.95. The van der Waals surface area contributed by atoms with Gasteiger partial charge < -0.3 is 0 Å². The summed E-state index contributed by atoms with van der Waals surface area (Å²) in [5.41, 5.74) is 0.478. The van der Waals surface area contributed by atoms with Crippen molar-refractivity contribution in [3.8, 4) is 0 Å². The van der Waals surface area contributed by atoms with Crippen molar-refractivity contribution >= 4 is 33.8 Å². The van der Waals surface area contributed by atoms with Crippen molar-refractivity contribution in [3.05, 3.63) is 30.1 Å². The molecule has 0 spiro atoms. The summed E-state index contributed by atoms with van der Waals surface area (Å²) in [6.45, 7) is 0. The van der Waals surface area contributed by atoms with Crippen molar-refractivity contribution in [2.45, 2.75) is 0 Å². The third kappa shape index (κ3) is 2.45. The van der Waals surface area contributed by atoms with Gasteiger partial charge in [-0.1, -0.05) is 0 Å². The summed E-state index contributed by atoms with van der Waals surface area (Å²) in [6.07, 6.45) is 3.05. The van der Waals surface area contributed by atoms with Crippen LogP contribution in [0.2, 0.25) is 0 Å². The number of carbonyl (C=O) groups is 1. The fourth-order valence-electron chi connectivity index (χ4n) is 0.483. The van der Waals surface area contributed by atoms with E-state index in [0.717, 1.165) is 0 Å². The molecular weight excluding hydrogens is 217 g/mol. The largest absolute Gasteiger partial charge is 0.276 e. The zero-order valence-corrected chi connectivity index (χ0v) is 7.42. The van der Waals surface area contributed by atoms with Crippen LogP contribution in [-0.2, 0) is 0 Å². The van der Waals surface area contributed by atoms with E-state index in [-0.39, 0.29) is 17.0 Å². The van der Waals surface area contributed by atoms with Gasteiger partial charge in [0.25, 0.3) is 5.24 Å². The van der Waals surface area contributed by atoms with Crippen molar-refractivity contribution in [1.82, 2.24) is 4.98 Å². The molecule has 0 aliphatic heterocycles. The van der Waals surface area contributed by atoms with Gasteiger partial charge in [-0.3, -0.25) is 9.78 Å². The van der Waals surface area contributed by atoms with Crippen molar-refractivity contribution in [3.63, 3.8) is 0 Å². The summed E-state index contributed by atoms with van der Waals surface area (Å²) >= 11 is 5.14. The van der Waals surface area contributed by atoms with Gasteiger partial charge in [0.1, 0.15) is 0 Å². The molecule has 54 valence electrons. The predicted molar refractivity (Wildman–Crippen MR) is 44.7 cm³/mol. The van der Waals surface area contributed by atoms with Gasteiger partial charge in [-0.05, 0) is 23.7 Å². The minimum absolute atomic E-state index is 0. The maximum atomic E-state index is 10.4. The van der Waals surface area contributed by atoms with Crippen LogP contribution in [0.5, 0.6) is 0 Å². The first-order chi connectivity index (χ1) is 4.30. The quantitative estimate of drug-likeness (QED) is 0.681. The maximum absolute atomic E-state index is 10.4. The summed E-state index contributed by atoms with van der Waals surface area (Å²) in [5, 5.41) is -0.447. The number of pyridine rings is 1. The number of hydrogen-bond acceptors (Lipinski definition) is 2. The molecule has 1 aromatic rings. The van der Waals surface area contributed by atoms with Crippen LogP contribution in [-0.4, -0.2) is 10.2 Å². The van der Waals surface area contributed by atoms with Crippen LogP contribution < -0.4 is 0 Å². The van der Waals surface area contributed by atoms with Gasteiger partial charge in [0.2, 0.25) is 0 Å². The van der Waals surface area contributed by atoms with Crippen molar-refractivity contribution in [2.75, 3.05) is 0 Å². The van der Waals surface area contributed by atoms with E-state index in [0.29, 0.717) is 5.56 Å². The first-order valence-electron chi connectivity index (χ1n) is 2.40. The summed E-state index contributed by atoms with van der Waals surface area (Å²) in [5.74, 6) is 0. The monoisotopic (exact) mass is 221 g/mol. The lowest BCUT2D eigenvalue weighted by Crippen LogP contribution is -1.86. The van der Waals surface area contributed by atoms with Crippen LogP contribution in [0.3, 0.4) is 0 Å². The Hall–Kier alpha value is -0.410. The molecule has 1 rings (SSSR count). The molecule has 0 aliphatic carbocycles. The number of aromatic nitrogens is 1. The molecule has 0 amide bonds. The Morgan fingerprint density at radius 3 is 2.20 bits per heavy atom. The highest BCUT2D eigenvalue weighted by Gasteiger charge is 1.96. The number of nitrogens with zero attached hydrogens (tertiary/aromatic N) is 1. The molecule has 0 saturated heterocycles. The Kier molecular flexibility index (Phi) is 4.23. The highest BCUT2D eigenvalue weighted by molar-refractivity contribution is 8.93.